The van der Waals surface area contributed by atoms with Crippen LogP contribution >= 0.6 is 0 Å². The van der Waals surface area contributed by atoms with Crippen molar-refractivity contribution in [1.82, 2.24) is 20.0 Å². The van der Waals surface area contributed by atoms with Crippen LogP contribution in [0.3, 0.4) is 0 Å². The maximum Gasteiger partial charge on any atom is 0.113 e. The fourth-order valence-electron chi connectivity index (χ4n) is 1.73. The first-order chi connectivity index (χ1) is 9.36. The molecule has 0 bridgehead atoms. The summed E-state index contributed by atoms with van der Waals surface area (Å²) in [6.45, 7) is 0. The van der Waals surface area contributed by atoms with Gasteiger partial charge in [0.25, 0.3) is 0 Å². The Morgan fingerprint density at radius 1 is 1.11 bits per heavy atom. The van der Waals surface area contributed by atoms with Gasteiger partial charge in [0.1, 0.15) is 5.69 Å². The summed E-state index contributed by atoms with van der Waals surface area (Å²) >= 11 is 0. The molecule has 1 aromatic carbocycles. The number of rotatable bonds is 2. The molecule has 3 rings (SSSR count). The highest BCUT2D eigenvalue weighted by atomic mass is 15.4. The molecule has 0 unspecified atom stereocenters. The summed E-state index contributed by atoms with van der Waals surface area (Å²) in [6.07, 6.45) is 5.26. The summed E-state index contributed by atoms with van der Waals surface area (Å²) in [7, 11) is 0. The quantitative estimate of drug-likeness (QED) is 0.696. The van der Waals surface area contributed by atoms with Gasteiger partial charge in [0, 0.05) is 11.8 Å². The van der Waals surface area contributed by atoms with Crippen molar-refractivity contribution in [3.63, 3.8) is 0 Å². The van der Waals surface area contributed by atoms with Crippen molar-refractivity contribution in [1.29, 1.82) is 5.26 Å². The Labute approximate surface area is 109 Å². The number of benzene rings is 1. The van der Waals surface area contributed by atoms with E-state index in [1.807, 2.05) is 30.5 Å². The van der Waals surface area contributed by atoms with Crippen LogP contribution in [0.1, 0.15) is 5.56 Å². The van der Waals surface area contributed by atoms with Crippen molar-refractivity contribution in [3.8, 4) is 23.0 Å². The third kappa shape index (κ3) is 2.19. The molecule has 0 aliphatic carbocycles. The van der Waals surface area contributed by atoms with Crippen molar-refractivity contribution in [2.24, 2.45) is 0 Å². The zero-order valence-electron chi connectivity index (χ0n) is 9.93. The SMILES string of the molecule is N#Cc1ccc(-c2cn(-c3cccnc3)nn2)cc1. The lowest BCUT2D eigenvalue weighted by Gasteiger charge is -1.97. The summed E-state index contributed by atoms with van der Waals surface area (Å²) in [4.78, 5) is 4.04. The molecular formula is C14H9N5. The van der Waals surface area contributed by atoms with E-state index in [-0.39, 0.29) is 0 Å². The summed E-state index contributed by atoms with van der Waals surface area (Å²) in [5.74, 6) is 0. The lowest BCUT2D eigenvalue weighted by molar-refractivity contribution is 0.800. The molecule has 0 N–H and O–H groups in total. The van der Waals surface area contributed by atoms with Crippen LogP contribution in [0.2, 0.25) is 0 Å². The molecule has 90 valence electrons. The van der Waals surface area contributed by atoms with Crippen LogP contribution in [0.5, 0.6) is 0 Å². The van der Waals surface area contributed by atoms with Gasteiger partial charge in [-0.25, -0.2) is 4.68 Å². The van der Waals surface area contributed by atoms with E-state index in [0.717, 1.165) is 16.9 Å². The topological polar surface area (TPSA) is 67.4 Å². The van der Waals surface area contributed by atoms with Gasteiger partial charge in [-0.3, -0.25) is 4.98 Å². The largest absolute Gasteiger partial charge is 0.262 e. The van der Waals surface area contributed by atoms with Crippen molar-refractivity contribution >= 4 is 0 Å². The van der Waals surface area contributed by atoms with Gasteiger partial charge in [-0.15, -0.1) is 5.10 Å². The highest BCUT2D eigenvalue weighted by Gasteiger charge is 2.05. The van der Waals surface area contributed by atoms with Crippen LogP contribution < -0.4 is 0 Å². The van der Waals surface area contributed by atoms with E-state index in [4.69, 9.17) is 5.26 Å². The Bertz CT molecular complexity index is 723. The molecule has 0 atom stereocenters. The van der Waals surface area contributed by atoms with E-state index >= 15 is 0 Å². The molecule has 2 aromatic heterocycles. The van der Waals surface area contributed by atoms with Crippen LogP contribution in [0.25, 0.3) is 16.9 Å². The van der Waals surface area contributed by atoms with Gasteiger partial charge >= 0.3 is 0 Å². The van der Waals surface area contributed by atoms with Crippen molar-refractivity contribution in [2.75, 3.05) is 0 Å². The Morgan fingerprint density at radius 3 is 2.63 bits per heavy atom. The van der Waals surface area contributed by atoms with Crippen LogP contribution in [0.4, 0.5) is 0 Å². The molecule has 0 aliphatic heterocycles. The average molecular weight is 247 g/mol. The monoisotopic (exact) mass is 247 g/mol. The molecule has 19 heavy (non-hydrogen) atoms. The third-order valence-corrected chi connectivity index (χ3v) is 2.71. The van der Waals surface area contributed by atoms with Crippen LogP contribution in [-0.4, -0.2) is 20.0 Å². The van der Waals surface area contributed by atoms with Gasteiger partial charge in [-0.1, -0.05) is 17.3 Å². The predicted molar refractivity (Wildman–Crippen MR) is 69.3 cm³/mol. The van der Waals surface area contributed by atoms with Gasteiger partial charge in [0.15, 0.2) is 0 Å². The van der Waals surface area contributed by atoms with E-state index in [1.165, 1.54) is 0 Å². The van der Waals surface area contributed by atoms with E-state index in [0.29, 0.717) is 5.56 Å². The maximum absolute atomic E-state index is 8.76. The number of nitriles is 1. The zero-order chi connectivity index (χ0) is 13.1. The van der Waals surface area contributed by atoms with E-state index < -0.39 is 0 Å². The smallest absolute Gasteiger partial charge is 0.113 e. The van der Waals surface area contributed by atoms with Crippen LogP contribution in [-0.2, 0) is 0 Å². The predicted octanol–water partition coefficient (Wildman–Crippen LogP) is 2.20. The highest BCUT2D eigenvalue weighted by Crippen LogP contribution is 2.17. The molecular weight excluding hydrogens is 238 g/mol. The molecule has 0 spiro atoms. The minimum atomic E-state index is 0.628. The zero-order valence-corrected chi connectivity index (χ0v) is 9.93. The fourth-order valence-corrected chi connectivity index (χ4v) is 1.73. The minimum Gasteiger partial charge on any atom is -0.262 e. The Kier molecular flexibility index (Phi) is 2.75. The van der Waals surface area contributed by atoms with Gasteiger partial charge in [-0.05, 0) is 24.3 Å². The second-order valence-electron chi connectivity index (χ2n) is 3.95. The first kappa shape index (κ1) is 11.1. The van der Waals surface area contributed by atoms with E-state index in [2.05, 4.69) is 21.4 Å². The maximum atomic E-state index is 8.76. The summed E-state index contributed by atoms with van der Waals surface area (Å²) in [6, 6.07) is 13.1. The summed E-state index contributed by atoms with van der Waals surface area (Å²) in [5.41, 5.74) is 3.17. The third-order valence-electron chi connectivity index (χ3n) is 2.71. The number of hydrogen-bond donors (Lipinski definition) is 0. The standard InChI is InChI=1S/C14H9N5/c15-8-11-3-5-12(6-4-11)14-10-19(18-17-14)13-2-1-7-16-9-13/h1-7,9-10H. The summed E-state index contributed by atoms with van der Waals surface area (Å²) in [5, 5.41) is 17.0. The second kappa shape index (κ2) is 4.70. The number of pyridine rings is 1. The Hall–Kier alpha value is -3.00. The number of aromatic nitrogens is 4. The average Bonchev–Trinajstić information content (AvgIpc) is 2.98. The lowest BCUT2D eigenvalue weighted by Crippen LogP contribution is -1.94. The summed E-state index contributed by atoms with van der Waals surface area (Å²) < 4.78 is 1.67. The molecule has 0 amide bonds. The van der Waals surface area contributed by atoms with Crippen LogP contribution in [0, 0.1) is 11.3 Å². The van der Waals surface area contributed by atoms with Crippen LogP contribution in [0.15, 0.2) is 55.0 Å². The first-order valence-corrected chi connectivity index (χ1v) is 5.70. The number of nitrogens with zero attached hydrogens (tertiary/aromatic N) is 5. The van der Waals surface area contributed by atoms with Gasteiger partial charge < -0.3 is 0 Å². The second-order valence-corrected chi connectivity index (χ2v) is 3.95. The van der Waals surface area contributed by atoms with E-state index in [1.54, 1.807) is 29.2 Å². The molecule has 5 heteroatoms. The van der Waals surface area contributed by atoms with Gasteiger partial charge in [0.2, 0.25) is 0 Å². The molecule has 3 aromatic rings. The van der Waals surface area contributed by atoms with Crippen molar-refractivity contribution < 1.29 is 0 Å². The lowest BCUT2D eigenvalue weighted by atomic mass is 10.1. The van der Waals surface area contributed by atoms with Gasteiger partial charge in [-0.2, -0.15) is 5.26 Å². The highest BCUT2D eigenvalue weighted by molar-refractivity contribution is 5.59. The molecule has 0 saturated heterocycles. The molecule has 5 nitrogen and oxygen atoms in total. The number of hydrogen-bond acceptors (Lipinski definition) is 4. The molecule has 2 heterocycles. The molecule has 0 fully saturated rings. The van der Waals surface area contributed by atoms with E-state index in [9.17, 15) is 0 Å². The van der Waals surface area contributed by atoms with Crippen molar-refractivity contribution in [3.05, 3.63) is 60.6 Å². The fraction of sp³-hybridized carbons (Fsp3) is 0. The molecule has 0 saturated carbocycles. The van der Waals surface area contributed by atoms with Gasteiger partial charge in [0.05, 0.1) is 29.7 Å². The van der Waals surface area contributed by atoms with Crippen molar-refractivity contribution in [2.45, 2.75) is 0 Å². The normalized spacial score (nSPS) is 10.1. The minimum absolute atomic E-state index is 0.628. The Morgan fingerprint density at radius 2 is 1.95 bits per heavy atom. The molecule has 0 radical (unpaired) electrons. The molecule has 0 aliphatic rings. The Balaban J connectivity index is 1.95. The first-order valence-electron chi connectivity index (χ1n) is 5.70.